The fraction of sp³-hybridized carbons (Fsp3) is 0.0625. The summed E-state index contributed by atoms with van der Waals surface area (Å²) in [5.41, 5.74) is 1.83. The first kappa shape index (κ1) is 13.8. The Morgan fingerprint density at radius 1 is 1.18 bits per heavy atom. The van der Waals surface area contributed by atoms with Crippen molar-refractivity contribution in [3.63, 3.8) is 0 Å². The summed E-state index contributed by atoms with van der Waals surface area (Å²) in [5, 5.41) is 11.5. The monoisotopic (exact) mass is 296 g/mol. The third-order valence-corrected chi connectivity index (χ3v) is 3.34. The number of rotatable bonds is 5. The van der Waals surface area contributed by atoms with Crippen molar-refractivity contribution in [1.29, 1.82) is 0 Å². The number of carbonyl (C=O) groups excluding carboxylic acids is 1. The van der Waals surface area contributed by atoms with Gasteiger partial charge in [-0.1, -0.05) is 30.3 Å². The number of fused-ring (bicyclic) bond motifs is 1. The van der Waals surface area contributed by atoms with Crippen molar-refractivity contribution in [2.75, 3.05) is 0 Å². The van der Waals surface area contributed by atoms with E-state index >= 15 is 0 Å². The molecule has 0 N–H and O–H groups in total. The van der Waals surface area contributed by atoms with E-state index in [9.17, 15) is 14.9 Å². The summed E-state index contributed by atoms with van der Waals surface area (Å²) >= 11 is 0. The van der Waals surface area contributed by atoms with Gasteiger partial charge >= 0.3 is 0 Å². The topological polar surface area (TPSA) is 74.4 Å². The second kappa shape index (κ2) is 5.69. The van der Waals surface area contributed by atoms with Crippen LogP contribution in [0.3, 0.4) is 0 Å². The average molecular weight is 296 g/mol. The molecule has 22 heavy (non-hydrogen) atoms. The van der Waals surface area contributed by atoms with Crippen molar-refractivity contribution in [2.24, 2.45) is 0 Å². The fourth-order valence-corrected chi connectivity index (χ4v) is 2.24. The Morgan fingerprint density at radius 2 is 1.95 bits per heavy atom. The van der Waals surface area contributed by atoms with Crippen LogP contribution in [-0.2, 0) is 6.61 Å². The maximum atomic E-state index is 11.1. The molecule has 110 valence electrons. The Bertz CT molecular complexity index is 840. The number of aldehydes is 1. The maximum Gasteiger partial charge on any atom is 0.271 e. The Balaban J connectivity index is 1.98. The third-order valence-electron chi connectivity index (χ3n) is 3.34. The lowest BCUT2D eigenvalue weighted by molar-refractivity contribution is -0.384. The van der Waals surface area contributed by atoms with Gasteiger partial charge in [0.1, 0.15) is 6.61 Å². The number of non-ortho nitro benzene ring substituents is 1. The maximum absolute atomic E-state index is 11.1. The summed E-state index contributed by atoms with van der Waals surface area (Å²) in [7, 11) is 0. The molecule has 1 aromatic heterocycles. The van der Waals surface area contributed by atoms with Crippen LogP contribution in [0.1, 0.15) is 15.9 Å². The molecule has 0 aliphatic rings. The van der Waals surface area contributed by atoms with Crippen LogP contribution in [0.5, 0.6) is 0 Å². The summed E-state index contributed by atoms with van der Waals surface area (Å²) < 4.78 is 1.40. The van der Waals surface area contributed by atoms with Crippen molar-refractivity contribution in [3.05, 3.63) is 76.0 Å². The van der Waals surface area contributed by atoms with Crippen LogP contribution in [0.25, 0.3) is 10.9 Å². The van der Waals surface area contributed by atoms with Crippen LogP contribution in [0, 0.1) is 10.1 Å². The molecule has 0 unspecified atom stereocenters. The quantitative estimate of drug-likeness (QED) is 0.412. The van der Waals surface area contributed by atoms with Gasteiger partial charge in [0.05, 0.1) is 16.6 Å². The molecular weight excluding hydrogens is 284 g/mol. The molecule has 3 aromatic rings. The van der Waals surface area contributed by atoms with Gasteiger partial charge in [-0.2, -0.15) is 4.73 Å². The van der Waals surface area contributed by atoms with Crippen molar-refractivity contribution < 1.29 is 14.6 Å². The Hall–Kier alpha value is -3.15. The van der Waals surface area contributed by atoms with Crippen LogP contribution in [0.2, 0.25) is 0 Å². The number of nitro groups is 1. The molecule has 0 atom stereocenters. The summed E-state index contributed by atoms with van der Waals surface area (Å²) in [5.74, 6) is 0. The molecule has 0 saturated carbocycles. The van der Waals surface area contributed by atoms with Crippen LogP contribution in [0.15, 0.2) is 54.7 Å². The van der Waals surface area contributed by atoms with Gasteiger partial charge in [-0.05, 0) is 11.6 Å². The average Bonchev–Trinajstić information content (AvgIpc) is 2.91. The lowest BCUT2D eigenvalue weighted by Gasteiger charge is -2.08. The minimum Gasteiger partial charge on any atom is -0.409 e. The number of benzene rings is 2. The van der Waals surface area contributed by atoms with Crippen LogP contribution in [-0.4, -0.2) is 15.9 Å². The van der Waals surface area contributed by atoms with Crippen LogP contribution in [0.4, 0.5) is 5.69 Å². The molecule has 1 heterocycles. The standard InChI is InChI=1S/C16H12N2O4/c19-10-13-9-17(22-11-12-4-2-1-3-5-12)16-8-14(18(20)21)6-7-15(13)16/h1-10H,11H2. The molecule has 6 nitrogen and oxygen atoms in total. The number of hydrogen-bond donors (Lipinski definition) is 0. The Labute approximate surface area is 125 Å². The van der Waals surface area contributed by atoms with Gasteiger partial charge in [-0.25, -0.2) is 0 Å². The lowest BCUT2D eigenvalue weighted by atomic mass is 10.2. The largest absolute Gasteiger partial charge is 0.409 e. The van der Waals surface area contributed by atoms with E-state index in [2.05, 4.69) is 0 Å². The first-order chi connectivity index (χ1) is 10.7. The van der Waals surface area contributed by atoms with Gasteiger partial charge in [-0.15, -0.1) is 0 Å². The van der Waals surface area contributed by atoms with Gasteiger partial charge in [-0.3, -0.25) is 14.9 Å². The number of nitrogens with zero attached hydrogens (tertiary/aromatic N) is 2. The smallest absolute Gasteiger partial charge is 0.271 e. The van der Waals surface area contributed by atoms with Crippen molar-refractivity contribution in [2.45, 2.75) is 6.61 Å². The van der Waals surface area contributed by atoms with Gasteiger partial charge in [0.25, 0.3) is 5.69 Å². The zero-order chi connectivity index (χ0) is 15.5. The summed E-state index contributed by atoms with van der Waals surface area (Å²) in [6, 6.07) is 13.8. The fourth-order valence-electron chi connectivity index (χ4n) is 2.24. The zero-order valence-electron chi connectivity index (χ0n) is 11.5. The van der Waals surface area contributed by atoms with E-state index in [0.717, 1.165) is 5.56 Å². The van der Waals surface area contributed by atoms with Crippen LogP contribution >= 0.6 is 0 Å². The van der Waals surface area contributed by atoms with Crippen molar-refractivity contribution in [3.8, 4) is 0 Å². The molecule has 3 rings (SSSR count). The molecule has 0 aliphatic heterocycles. The van der Waals surface area contributed by atoms with Gasteiger partial charge in [0.15, 0.2) is 6.29 Å². The molecule has 2 aromatic carbocycles. The normalized spacial score (nSPS) is 10.5. The van der Waals surface area contributed by atoms with Gasteiger partial charge in [0.2, 0.25) is 0 Å². The summed E-state index contributed by atoms with van der Waals surface area (Å²) in [6.07, 6.45) is 2.24. The molecule has 0 amide bonds. The zero-order valence-corrected chi connectivity index (χ0v) is 11.5. The van der Waals surface area contributed by atoms with E-state index in [1.807, 2.05) is 30.3 Å². The molecule has 0 saturated heterocycles. The van der Waals surface area contributed by atoms with E-state index in [-0.39, 0.29) is 5.69 Å². The number of nitro benzene ring substituents is 1. The number of carbonyl (C=O) groups is 1. The van der Waals surface area contributed by atoms with E-state index in [1.165, 1.54) is 23.1 Å². The Morgan fingerprint density at radius 3 is 2.64 bits per heavy atom. The van der Waals surface area contributed by atoms with E-state index < -0.39 is 4.92 Å². The second-order valence-electron chi connectivity index (χ2n) is 4.75. The highest BCUT2D eigenvalue weighted by Gasteiger charge is 2.14. The second-order valence-corrected chi connectivity index (χ2v) is 4.75. The lowest BCUT2D eigenvalue weighted by Crippen LogP contribution is -2.09. The molecule has 0 aliphatic carbocycles. The molecule has 0 fully saturated rings. The predicted octanol–water partition coefficient (Wildman–Crippen LogP) is 2.99. The number of hydrogen-bond acceptors (Lipinski definition) is 4. The van der Waals surface area contributed by atoms with Crippen molar-refractivity contribution in [1.82, 2.24) is 4.73 Å². The van der Waals surface area contributed by atoms with E-state index in [1.54, 1.807) is 6.07 Å². The molecule has 0 radical (unpaired) electrons. The highest BCUT2D eigenvalue weighted by atomic mass is 16.7. The highest BCUT2D eigenvalue weighted by molar-refractivity contribution is 5.98. The minimum atomic E-state index is -0.478. The first-order valence-electron chi connectivity index (χ1n) is 6.61. The Kier molecular flexibility index (Phi) is 3.57. The molecule has 6 heteroatoms. The van der Waals surface area contributed by atoms with E-state index in [4.69, 9.17) is 4.84 Å². The van der Waals surface area contributed by atoms with Gasteiger partial charge < -0.3 is 4.84 Å². The van der Waals surface area contributed by atoms with Crippen LogP contribution < -0.4 is 4.84 Å². The van der Waals surface area contributed by atoms with Crippen molar-refractivity contribution >= 4 is 22.9 Å². The molecular formula is C16H12N2O4. The SMILES string of the molecule is O=Cc1cn(OCc2ccccc2)c2cc([N+](=O)[O-])ccc12. The number of aromatic nitrogens is 1. The highest BCUT2D eigenvalue weighted by Crippen LogP contribution is 2.24. The van der Waals surface area contributed by atoms with Gasteiger partial charge in [0, 0.05) is 23.1 Å². The molecule has 0 bridgehead atoms. The minimum absolute atomic E-state index is 0.0485. The molecule has 0 spiro atoms. The third kappa shape index (κ3) is 2.54. The predicted molar refractivity (Wildman–Crippen MR) is 80.7 cm³/mol. The first-order valence-corrected chi connectivity index (χ1v) is 6.61. The van der Waals surface area contributed by atoms with E-state index in [0.29, 0.717) is 29.4 Å². The summed E-state index contributed by atoms with van der Waals surface area (Å²) in [6.45, 7) is 0.297. The summed E-state index contributed by atoms with van der Waals surface area (Å²) in [4.78, 5) is 27.2.